The lowest BCUT2D eigenvalue weighted by Crippen LogP contribution is -2.30. The smallest absolute Gasteiger partial charge is 0.237 e. The van der Waals surface area contributed by atoms with Crippen LogP contribution in [-0.4, -0.2) is 28.9 Å². The molecule has 0 saturated heterocycles. The molecule has 1 aliphatic carbocycles. The van der Waals surface area contributed by atoms with E-state index in [-0.39, 0.29) is 17.1 Å². The summed E-state index contributed by atoms with van der Waals surface area (Å²) in [6.07, 6.45) is 3.84. The molecule has 1 heterocycles. The summed E-state index contributed by atoms with van der Waals surface area (Å²) in [5.41, 5.74) is 2.08. The lowest BCUT2D eigenvalue weighted by atomic mass is 10.1. The van der Waals surface area contributed by atoms with E-state index in [4.69, 9.17) is 0 Å². The molecule has 1 saturated carbocycles. The fourth-order valence-corrected chi connectivity index (χ4v) is 3.25. The minimum absolute atomic E-state index is 0.0131. The van der Waals surface area contributed by atoms with Crippen LogP contribution in [0, 0.1) is 0 Å². The molecule has 0 aromatic heterocycles. The van der Waals surface area contributed by atoms with Crippen LogP contribution in [0.25, 0.3) is 0 Å². The van der Waals surface area contributed by atoms with Gasteiger partial charge in [0.15, 0.2) is 0 Å². The number of anilines is 1. The van der Waals surface area contributed by atoms with E-state index < -0.39 is 0 Å². The molecule has 1 aromatic rings. The zero-order valence-electron chi connectivity index (χ0n) is 11.2. The molecule has 0 spiro atoms. The van der Waals surface area contributed by atoms with E-state index in [2.05, 4.69) is 10.6 Å². The van der Waals surface area contributed by atoms with Crippen LogP contribution < -0.4 is 10.6 Å². The number of benzene rings is 1. The van der Waals surface area contributed by atoms with Crippen molar-refractivity contribution >= 4 is 29.3 Å². The highest BCUT2D eigenvalue weighted by Gasteiger charge is 2.26. The summed E-state index contributed by atoms with van der Waals surface area (Å²) in [5, 5.41) is 5.76. The SMILES string of the molecule is O=C(CSC1CCc2ccccc2NC1=O)NC1CC1. The van der Waals surface area contributed by atoms with Gasteiger partial charge in [0.2, 0.25) is 11.8 Å². The van der Waals surface area contributed by atoms with Crippen molar-refractivity contribution in [3.05, 3.63) is 29.8 Å². The second kappa shape index (κ2) is 5.87. The van der Waals surface area contributed by atoms with Gasteiger partial charge in [0.05, 0.1) is 11.0 Å². The van der Waals surface area contributed by atoms with E-state index >= 15 is 0 Å². The number of carbonyl (C=O) groups excluding carboxylic acids is 2. The topological polar surface area (TPSA) is 58.2 Å². The Morgan fingerprint density at radius 2 is 2.10 bits per heavy atom. The second-order valence-electron chi connectivity index (χ2n) is 5.33. The van der Waals surface area contributed by atoms with Crippen molar-refractivity contribution in [3.8, 4) is 0 Å². The van der Waals surface area contributed by atoms with Crippen molar-refractivity contribution in [3.63, 3.8) is 0 Å². The molecule has 1 aliphatic heterocycles. The van der Waals surface area contributed by atoms with Crippen LogP contribution in [-0.2, 0) is 16.0 Å². The predicted molar refractivity (Wildman–Crippen MR) is 80.8 cm³/mol. The van der Waals surface area contributed by atoms with Gasteiger partial charge in [0.1, 0.15) is 0 Å². The molecular weight excluding hydrogens is 272 g/mol. The number of para-hydroxylation sites is 1. The molecule has 1 atom stereocenters. The van der Waals surface area contributed by atoms with Crippen molar-refractivity contribution in [2.45, 2.75) is 37.0 Å². The maximum atomic E-state index is 12.2. The van der Waals surface area contributed by atoms with Crippen LogP contribution in [0.4, 0.5) is 5.69 Å². The molecule has 2 amide bonds. The first-order chi connectivity index (χ1) is 9.72. The molecule has 3 rings (SSSR count). The zero-order chi connectivity index (χ0) is 13.9. The first-order valence-electron chi connectivity index (χ1n) is 7.02. The normalized spacial score (nSPS) is 21.6. The fourth-order valence-electron chi connectivity index (χ4n) is 2.32. The standard InChI is InChI=1S/C15H18N2O2S/c18-14(16-11-6-7-11)9-20-13-8-5-10-3-1-2-4-12(10)17-15(13)19/h1-4,11,13H,5-9H2,(H,16,18)(H,17,19). The summed E-state index contributed by atoms with van der Waals surface area (Å²) < 4.78 is 0. The number of carbonyl (C=O) groups is 2. The van der Waals surface area contributed by atoms with Gasteiger partial charge in [-0.05, 0) is 37.3 Å². The highest BCUT2D eigenvalue weighted by atomic mass is 32.2. The summed E-state index contributed by atoms with van der Waals surface area (Å²) in [4.78, 5) is 23.8. The van der Waals surface area contributed by atoms with Gasteiger partial charge in [-0.15, -0.1) is 11.8 Å². The van der Waals surface area contributed by atoms with E-state index in [1.54, 1.807) is 0 Å². The first-order valence-corrected chi connectivity index (χ1v) is 8.07. The van der Waals surface area contributed by atoms with Gasteiger partial charge >= 0.3 is 0 Å². The van der Waals surface area contributed by atoms with Gasteiger partial charge in [-0.3, -0.25) is 9.59 Å². The molecule has 20 heavy (non-hydrogen) atoms. The Balaban J connectivity index is 1.55. The molecule has 0 bridgehead atoms. The average Bonchev–Trinajstić information content (AvgIpc) is 3.24. The van der Waals surface area contributed by atoms with Crippen LogP contribution in [0.1, 0.15) is 24.8 Å². The first kappa shape index (κ1) is 13.5. The molecule has 106 valence electrons. The van der Waals surface area contributed by atoms with E-state index in [9.17, 15) is 9.59 Å². The van der Waals surface area contributed by atoms with Crippen molar-refractivity contribution in [2.24, 2.45) is 0 Å². The van der Waals surface area contributed by atoms with Crippen molar-refractivity contribution in [2.75, 3.05) is 11.1 Å². The van der Waals surface area contributed by atoms with Crippen molar-refractivity contribution in [1.82, 2.24) is 5.32 Å². The molecule has 1 aromatic carbocycles. The molecule has 2 aliphatic rings. The van der Waals surface area contributed by atoms with Gasteiger partial charge in [0.25, 0.3) is 0 Å². The van der Waals surface area contributed by atoms with E-state index in [0.29, 0.717) is 11.8 Å². The summed E-state index contributed by atoms with van der Waals surface area (Å²) in [6.45, 7) is 0. The van der Waals surface area contributed by atoms with Crippen molar-refractivity contribution in [1.29, 1.82) is 0 Å². The van der Waals surface area contributed by atoms with E-state index in [1.807, 2.05) is 24.3 Å². The fraction of sp³-hybridized carbons (Fsp3) is 0.467. The Morgan fingerprint density at radius 1 is 1.30 bits per heavy atom. The maximum absolute atomic E-state index is 12.2. The van der Waals surface area contributed by atoms with Gasteiger partial charge in [0, 0.05) is 11.7 Å². The zero-order valence-corrected chi connectivity index (χ0v) is 12.0. The summed E-state index contributed by atoms with van der Waals surface area (Å²) in [6, 6.07) is 8.27. The highest BCUT2D eigenvalue weighted by Crippen LogP contribution is 2.27. The minimum Gasteiger partial charge on any atom is -0.353 e. The molecule has 2 N–H and O–H groups in total. The monoisotopic (exact) mass is 290 g/mol. The quantitative estimate of drug-likeness (QED) is 0.891. The molecular formula is C15H18N2O2S. The molecule has 5 heteroatoms. The van der Waals surface area contributed by atoms with E-state index in [0.717, 1.165) is 31.4 Å². The van der Waals surface area contributed by atoms with Crippen molar-refractivity contribution < 1.29 is 9.59 Å². The molecule has 1 fully saturated rings. The summed E-state index contributed by atoms with van der Waals surface area (Å²) in [5.74, 6) is 0.427. The summed E-state index contributed by atoms with van der Waals surface area (Å²) >= 11 is 1.44. The number of nitrogens with one attached hydrogen (secondary N) is 2. The minimum atomic E-state index is -0.146. The van der Waals surface area contributed by atoms with Gasteiger partial charge < -0.3 is 10.6 Å². The van der Waals surface area contributed by atoms with Gasteiger partial charge in [-0.1, -0.05) is 18.2 Å². The molecule has 1 unspecified atom stereocenters. The largest absolute Gasteiger partial charge is 0.353 e. The average molecular weight is 290 g/mol. The van der Waals surface area contributed by atoms with Crippen LogP contribution >= 0.6 is 11.8 Å². The highest BCUT2D eigenvalue weighted by molar-refractivity contribution is 8.01. The van der Waals surface area contributed by atoms with Crippen LogP contribution in [0.5, 0.6) is 0 Å². The Labute approximate surface area is 122 Å². The number of hydrogen-bond donors (Lipinski definition) is 2. The lowest BCUT2D eigenvalue weighted by molar-refractivity contribution is -0.118. The maximum Gasteiger partial charge on any atom is 0.237 e. The van der Waals surface area contributed by atoms with Crippen LogP contribution in [0.3, 0.4) is 0 Å². The molecule has 0 radical (unpaired) electrons. The third-order valence-corrected chi connectivity index (χ3v) is 4.88. The Bertz CT molecular complexity index is 528. The van der Waals surface area contributed by atoms with Crippen LogP contribution in [0.2, 0.25) is 0 Å². The number of aryl methyl sites for hydroxylation is 1. The third kappa shape index (κ3) is 3.33. The number of fused-ring (bicyclic) bond motifs is 1. The predicted octanol–water partition coefficient (Wildman–Crippen LogP) is 1.95. The third-order valence-electron chi connectivity index (χ3n) is 3.60. The Morgan fingerprint density at radius 3 is 2.90 bits per heavy atom. The Kier molecular flexibility index (Phi) is 3.96. The lowest BCUT2D eigenvalue weighted by Gasteiger charge is -2.12. The second-order valence-corrected chi connectivity index (χ2v) is 6.52. The number of amides is 2. The number of rotatable bonds is 4. The summed E-state index contributed by atoms with van der Waals surface area (Å²) in [7, 11) is 0. The Hall–Kier alpha value is -1.49. The van der Waals surface area contributed by atoms with Gasteiger partial charge in [-0.25, -0.2) is 0 Å². The van der Waals surface area contributed by atoms with Crippen LogP contribution in [0.15, 0.2) is 24.3 Å². The molecule has 4 nitrogen and oxygen atoms in total. The van der Waals surface area contributed by atoms with Gasteiger partial charge in [-0.2, -0.15) is 0 Å². The number of thioether (sulfide) groups is 1. The van der Waals surface area contributed by atoms with E-state index in [1.165, 1.54) is 17.3 Å². The number of hydrogen-bond acceptors (Lipinski definition) is 3.